The van der Waals surface area contributed by atoms with Crippen LogP contribution in [0.3, 0.4) is 0 Å². The van der Waals surface area contributed by atoms with Crippen molar-refractivity contribution in [2.75, 3.05) is 13.2 Å². The first-order valence-corrected chi connectivity index (χ1v) is 8.72. The van der Waals surface area contributed by atoms with Gasteiger partial charge in [0.15, 0.2) is 11.5 Å². The second kappa shape index (κ2) is 8.93. The maximum atomic E-state index is 12.4. The van der Waals surface area contributed by atoms with Crippen molar-refractivity contribution in [2.45, 2.75) is 32.7 Å². The zero-order valence-electron chi connectivity index (χ0n) is 16.2. The Hall–Kier alpha value is -3.10. The molecule has 1 amide bonds. The largest absolute Gasteiger partial charge is 0.573 e. The van der Waals surface area contributed by atoms with Gasteiger partial charge >= 0.3 is 12.5 Å². The summed E-state index contributed by atoms with van der Waals surface area (Å²) in [6, 6.07) is 9.84. The molecule has 0 unspecified atom stereocenters. The van der Waals surface area contributed by atoms with Gasteiger partial charge in [0.1, 0.15) is 18.0 Å². The van der Waals surface area contributed by atoms with Crippen molar-refractivity contribution >= 4 is 6.09 Å². The second-order valence-electron chi connectivity index (χ2n) is 7.04. The Morgan fingerprint density at radius 1 is 1.07 bits per heavy atom. The number of ether oxygens (including phenoxy) is 3. The maximum absolute atomic E-state index is 12.4. The van der Waals surface area contributed by atoms with Gasteiger partial charge < -0.3 is 24.6 Å². The van der Waals surface area contributed by atoms with E-state index in [0.717, 1.165) is 0 Å². The van der Waals surface area contributed by atoms with E-state index in [4.69, 9.17) is 9.47 Å². The van der Waals surface area contributed by atoms with Crippen LogP contribution < -0.4 is 14.8 Å². The van der Waals surface area contributed by atoms with Crippen LogP contribution in [0, 0.1) is 0 Å². The molecule has 0 heterocycles. The number of hydrogen-bond donors (Lipinski definition) is 2. The molecule has 2 aromatic carbocycles. The quantitative estimate of drug-likeness (QED) is 0.662. The highest BCUT2D eigenvalue weighted by molar-refractivity contribution is 5.68. The Labute approximate surface area is 166 Å². The Kier molecular flexibility index (Phi) is 6.84. The predicted octanol–water partition coefficient (Wildman–Crippen LogP) is 4.86. The molecule has 0 saturated carbocycles. The SMILES string of the molecule is CC(C)(C)OC(=O)NCCOc1ccc(-c2cccc(OC(F)(F)F)c2)cc1O. The van der Waals surface area contributed by atoms with Gasteiger partial charge in [0.2, 0.25) is 0 Å². The standard InChI is InChI=1S/C20H22F3NO5/c1-19(2,3)29-18(26)24-9-10-27-17-8-7-14(12-16(17)25)13-5-4-6-15(11-13)28-20(21,22)23/h4-8,11-12,25H,9-10H2,1-3H3,(H,24,26). The molecular formula is C20H22F3NO5. The number of carbonyl (C=O) groups is 1. The Balaban J connectivity index is 1.95. The highest BCUT2D eigenvalue weighted by Crippen LogP contribution is 2.33. The topological polar surface area (TPSA) is 77.0 Å². The minimum atomic E-state index is -4.79. The number of aromatic hydroxyl groups is 1. The molecule has 2 aromatic rings. The van der Waals surface area contributed by atoms with Crippen LogP contribution in [-0.2, 0) is 4.74 Å². The molecule has 0 aliphatic rings. The van der Waals surface area contributed by atoms with Gasteiger partial charge in [0, 0.05) is 0 Å². The van der Waals surface area contributed by atoms with Crippen molar-refractivity contribution in [3.8, 4) is 28.4 Å². The fourth-order valence-electron chi connectivity index (χ4n) is 2.32. The number of halogens is 3. The molecule has 0 aromatic heterocycles. The molecule has 2 rings (SSSR count). The summed E-state index contributed by atoms with van der Waals surface area (Å²) < 4.78 is 51.5. The van der Waals surface area contributed by atoms with E-state index < -0.39 is 18.1 Å². The Bertz CT molecular complexity index is 847. The Morgan fingerprint density at radius 2 is 1.76 bits per heavy atom. The lowest BCUT2D eigenvalue weighted by Gasteiger charge is -2.19. The second-order valence-corrected chi connectivity index (χ2v) is 7.04. The third-order valence-corrected chi connectivity index (χ3v) is 3.39. The highest BCUT2D eigenvalue weighted by Gasteiger charge is 2.31. The van der Waals surface area contributed by atoms with E-state index in [0.29, 0.717) is 11.1 Å². The van der Waals surface area contributed by atoms with E-state index in [1.165, 1.54) is 30.3 Å². The van der Waals surface area contributed by atoms with E-state index in [9.17, 15) is 23.1 Å². The summed E-state index contributed by atoms with van der Waals surface area (Å²) in [5.41, 5.74) is 0.302. The number of benzene rings is 2. The van der Waals surface area contributed by atoms with Crippen LogP contribution in [0.5, 0.6) is 17.2 Å². The van der Waals surface area contributed by atoms with E-state index in [1.54, 1.807) is 32.9 Å². The predicted molar refractivity (Wildman–Crippen MR) is 100.0 cm³/mol. The Morgan fingerprint density at radius 3 is 2.38 bits per heavy atom. The molecule has 2 N–H and O–H groups in total. The van der Waals surface area contributed by atoms with Crippen LogP contribution in [0.15, 0.2) is 42.5 Å². The average Bonchev–Trinajstić information content (AvgIpc) is 2.57. The molecule has 9 heteroatoms. The highest BCUT2D eigenvalue weighted by atomic mass is 19.4. The third kappa shape index (κ3) is 7.81. The van der Waals surface area contributed by atoms with Crippen molar-refractivity contribution in [1.29, 1.82) is 0 Å². The van der Waals surface area contributed by atoms with Crippen molar-refractivity contribution < 1.29 is 37.3 Å². The lowest BCUT2D eigenvalue weighted by atomic mass is 10.0. The first-order valence-electron chi connectivity index (χ1n) is 8.72. The van der Waals surface area contributed by atoms with Crippen LogP contribution in [-0.4, -0.2) is 36.3 Å². The van der Waals surface area contributed by atoms with Gasteiger partial charge in [0.25, 0.3) is 0 Å². The molecule has 6 nitrogen and oxygen atoms in total. The summed E-state index contributed by atoms with van der Waals surface area (Å²) in [4.78, 5) is 11.5. The molecule has 0 saturated heterocycles. The summed E-state index contributed by atoms with van der Waals surface area (Å²) >= 11 is 0. The van der Waals surface area contributed by atoms with E-state index in [1.807, 2.05) is 0 Å². The number of amides is 1. The number of phenols is 1. The normalized spacial score (nSPS) is 11.7. The van der Waals surface area contributed by atoms with Gasteiger partial charge in [0.05, 0.1) is 6.54 Å². The van der Waals surface area contributed by atoms with Crippen LogP contribution in [0.4, 0.5) is 18.0 Å². The molecule has 29 heavy (non-hydrogen) atoms. The fourth-order valence-corrected chi connectivity index (χ4v) is 2.32. The van der Waals surface area contributed by atoms with Crippen molar-refractivity contribution in [2.24, 2.45) is 0 Å². The van der Waals surface area contributed by atoms with Crippen LogP contribution in [0.2, 0.25) is 0 Å². The molecule has 0 aliphatic heterocycles. The summed E-state index contributed by atoms with van der Waals surface area (Å²) in [6.45, 7) is 5.48. The van der Waals surface area contributed by atoms with Gasteiger partial charge in [-0.1, -0.05) is 18.2 Å². The average molecular weight is 413 g/mol. The number of alkyl halides is 3. The van der Waals surface area contributed by atoms with Crippen molar-refractivity contribution in [3.05, 3.63) is 42.5 Å². The first kappa shape index (κ1) is 22.2. The number of carbonyl (C=O) groups excluding carboxylic acids is 1. The zero-order valence-corrected chi connectivity index (χ0v) is 16.2. The van der Waals surface area contributed by atoms with E-state index in [2.05, 4.69) is 10.1 Å². The molecule has 0 spiro atoms. The monoisotopic (exact) mass is 413 g/mol. The molecule has 0 radical (unpaired) electrons. The number of alkyl carbamates (subject to hydrolysis) is 1. The molecular weight excluding hydrogens is 391 g/mol. The molecule has 0 atom stereocenters. The van der Waals surface area contributed by atoms with Crippen LogP contribution in [0.1, 0.15) is 20.8 Å². The number of hydrogen-bond acceptors (Lipinski definition) is 5. The van der Waals surface area contributed by atoms with E-state index >= 15 is 0 Å². The maximum Gasteiger partial charge on any atom is 0.573 e. The summed E-state index contributed by atoms with van der Waals surface area (Å²) in [5.74, 6) is -0.382. The van der Waals surface area contributed by atoms with E-state index in [-0.39, 0.29) is 30.4 Å². The minimum absolute atomic E-state index is 0.0844. The van der Waals surface area contributed by atoms with Crippen molar-refractivity contribution in [1.82, 2.24) is 5.32 Å². The van der Waals surface area contributed by atoms with Crippen LogP contribution in [0.25, 0.3) is 11.1 Å². The lowest BCUT2D eigenvalue weighted by Crippen LogP contribution is -2.34. The van der Waals surface area contributed by atoms with Gasteiger partial charge in [-0.15, -0.1) is 13.2 Å². The number of rotatable bonds is 6. The molecule has 0 fully saturated rings. The van der Waals surface area contributed by atoms with Gasteiger partial charge in [-0.2, -0.15) is 0 Å². The molecule has 0 aliphatic carbocycles. The fraction of sp³-hybridized carbons (Fsp3) is 0.350. The molecule has 158 valence electrons. The van der Waals surface area contributed by atoms with Crippen LogP contribution >= 0.6 is 0 Å². The number of phenolic OH excluding ortho intramolecular Hbond substituents is 1. The van der Waals surface area contributed by atoms with Crippen molar-refractivity contribution in [3.63, 3.8) is 0 Å². The molecule has 0 bridgehead atoms. The third-order valence-electron chi connectivity index (χ3n) is 3.39. The smallest absolute Gasteiger partial charge is 0.504 e. The lowest BCUT2D eigenvalue weighted by molar-refractivity contribution is -0.274. The summed E-state index contributed by atoms with van der Waals surface area (Å²) in [5, 5.41) is 12.6. The summed E-state index contributed by atoms with van der Waals surface area (Å²) in [6.07, 6.45) is -5.37. The first-order chi connectivity index (χ1) is 13.4. The summed E-state index contributed by atoms with van der Waals surface area (Å²) in [7, 11) is 0. The number of nitrogens with one attached hydrogen (secondary N) is 1. The van der Waals surface area contributed by atoms with Gasteiger partial charge in [-0.05, 0) is 56.2 Å². The van der Waals surface area contributed by atoms with Gasteiger partial charge in [-0.3, -0.25) is 0 Å². The van der Waals surface area contributed by atoms with Gasteiger partial charge in [-0.25, -0.2) is 4.79 Å². The minimum Gasteiger partial charge on any atom is -0.504 e. The zero-order chi connectivity index (χ0) is 21.7.